The zero-order valence-corrected chi connectivity index (χ0v) is 10.5. The number of nitrogens with zero attached hydrogens (tertiary/aromatic N) is 1. The van der Waals surface area contributed by atoms with Gasteiger partial charge in [-0.05, 0) is 25.8 Å². The van der Waals surface area contributed by atoms with Crippen molar-refractivity contribution in [3.05, 3.63) is 42.2 Å². The lowest BCUT2D eigenvalue weighted by Gasteiger charge is -2.24. The number of aliphatic hydroxyl groups excluding tert-OH is 1. The Kier molecular flexibility index (Phi) is 5.16. The Labute approximate surface area is 102 Å². The second-order valence-corrected chi connectivity index (χ2v) is 4.21. The number of rotatable bonds is 6. The van der Waals surface area contributed by atoms with Gasteiger partial charge in [0.15, 0.2) is 0 Å². The molecule has 1 aromatic carbocycles. The standard InChI is InChI=1S/C14H20FNO/c1-4-5-6-10-16(3)14-12(11(2)17)8-7-9-13(14)15/h4,7-9,11,17H,1,5-6,10H2,2-3H3/t11-/m1/s1. The van der Waals surface area contributed by atoms with E-state index in [1.54, 1.807) is 19.1 Å². The molecule has 0 aliphatic carbocycles. The lowest BCUT2D eigenvalue weighted by atomic mass is 10.1. The molecule has 0 radical (unpaired) electrons. The van der Waals surface area contributed by atoms with Crippen LogP contribution in [0.2, 0.25) is 0 Å². The molecule has 0 amide bonds. The molecule has 0 fully saturated rings. The molecule has 0 unspecified atom stereocenters. The topological polar surface area (TPSA) is 23.5 Å². The highest BCUT2D eigenvalue weighted by Crippen LogP contribution is 2.28. The number of benzene rings is 1. The maximum Gasteiger partial charge on any atom is 0.146 e. The summed E-state index contributed by atoms with van der Waals surface area (Å²) >= 11 is 0. The van der Waals surface area contributed by atoms with E-state index in [0.717, 1.165) is 19.4 Å². The summed E-state index contributed by atoms with van der Waals surface area (Å²) in [6.07, 6.45) is 3.02. The summed E-state index contributed by atoms with van der Waals surface area (Å²) in [6.45, 7) is 6.05. The molecule has 0 saturated heterocycles. The second kappa shape index (κ2) is 6.40. The highest BCUT2D eigenvalue weighted by Gasteiger charge is 2.15. The number of para-hydroxylation sites is 1. The summed E-state index contributed by atoms with van der Waals surface area (Å²) < 4.78 is 13.8. The van der Waals surface area contributed by atoms with Crippen LogP contribution < -0.4 is 4.90 Å². The molecule has 0 aromatic heterocycles. The molecule has 0 bridgehead atoms. The molecule has 0 aliphatic rings. The molecule has 0 saturated carbocycles. The van der Waals surface area contributed by atoms with Gasteiger partial charge < -0.3 is 10.0 Å². The molecular formula is C14H20FNO. The normalized spacial score (nSPS) is 12.2. The Morgan fingerprint density at radius 1 is 1.53 bits per heavy atom. The van der Waals surface area contributed by atoms with Gasteiger partial charge >= 0.3 is 0 Å². The van der Waals surface area contributed by atoms with E-state index in [0.29, 0.717) is 11.3 Å². The van der Waals surface area contributed by atoms with E-state index in [1.165, 1.54) is 6.07 Å². The van der Waals surface area contributed by atoms with Crippen LogP contribution in [0.5, 0.6) is 0 Å². The van der Waals surface area contributed by atoms with E-state index in [1.807, 2.05) is 18.0 Å². The predicted molar refractivity (Wildman–Crippen MR) is 69.7 cm³/mol. The first-order valence-corrected chi connectivity index (χ1v) is 5.86. The third kappa shape index (κ3) is 3.56. The SMILES string of the molecule is C=CCCCN(C)c1c(F)cccc1[C@@H](C)O. The van der Waals surface area contributed by atoms with Crippen LogP contribution >= 0.6 is 0 Å². The average Bonchev–Trinajstić information content (AvgIpc) is 2.28. The zero-order chi connectivity index (χ0) is 12.8. The van der Waals surface area contributed by atoms with Gasteiger partial charge in [-0.3, -0.25) is 0 Å². The smallest absolute Gasteiger partial charge is 0.146 e. The number of unbranched alkanes of at least 4 members (excludes halogenated alkanes) is 1. The molecule has 3 heteroatoms. The quantitative estimate of drug-likeness (QED) is 0.606. The number of halogens is 1. The van der Waals surface area contributed by atoms with Crippen molar-refractivity contribution in [2.75, 3.05) is 18.5 Å². The van der Waals surface area contributed by atoms with Gasteiger partial charge in [-0.1, -0.05) is 18.2 Å². The summed E-state index contributed by atoms with van der Waals surface area (Å²) in [5.41, 5.74) is 1.12. The Morgan fingerprint density at radius 3 is 2.82 bits per heavy atom. The maximum absolute atomic E-state index is 13.8. The average molecular weight is 237 g/mol. The van der Waals surface area contributed by atoms with E-state index in [9.17, 15) is 9.50 Å². The maximum atomic E-state index is 13.8. The highest BCUT2D eigenvalue weighted by molar-refractivity contribution is 5.55. The minimum atomic E-state index is -0.664. The summed E-state index contributed by atoms with van der Waals surface area (Å²) in [7, 11) is 1.84. The van der Waals surface area contributed by atoms with Gasteiger partial charge in [-0.25, -0.2) is 4.39 Å². The Bertz CT molecular complexity index is 376. The molecule has 17 heavy (non-hydrogen) atoms. The van der Waals surface area contributed by atoms with Crippen LogP contribution in [0.3, 0.4) is 0 Å². The molecule has 1 rings (SSSR count). The number of aliphatic hydroxyl groups is 1. The largest absolute Gasteiger partial charge is 0.389 e. The number of hydrogen-bond donors (Lipinski definition) is 1. The first-order chi connectivity index (χ1) is 8.07. The minimum absolute atomic E-state index is 0.287. The summed E-state index contributed by atoms with van der Waals surface area (Å²) in [5, 5.41) is 9.64. The molecule has 0 aliphatic heterocycles. The van der Waals surface area contributed by atoms with Crippen molar-refractivity contribution in [2.45, 2.75) is 25.9 Å². The molecular weight excluding hydrogens is 217 g/mol. The van der Waals surface area contributed by atoms with Gasteiger partial charge in [0.25, 0.3) is 0 Å². The van der Waals surface area contributed by atoms with Crippen LogP contribution in [0, 0.1) is 5.82 Å². The number of hydrogen-bond acceptors (Lipinski definition) is 2. The van der Waals surface area contributed by atoms with E-state index in [-0.39, 0.29) is 5.82 Å². The van der Waals surface area contributed by atoms with Gasteiger partial charge in [0.05, 0.1) is 11.8 Å². The van der Waals surface area contributed by atoms with E-state index < -0.39 is 6.10 Å². The van der Waals surface area contributed by atoms with Gasteiger partial charge in [0, 0.05) is 19.2 Å². The monoisotopic (exact) mass is 237 g/mol. The summed E-state index contributed by atoms with van der Waals surface area (Å²) in [4.78, 5) is 1.85. The third-order valence-electron chi connectivity index (χ3n) is 2.75. The highest BCUT2D eigenvalue weighted by atomic mass is 19.1. The Hall–Kier alpha value is -1.35. The lowest BCUT2D eigenvalue weighted by molar-refractivity contribution is 0.199. The minimum Gasteiger partial charge on any atom is -0.389 e. The molecule has 1 atom stereocenters. The van der Waals surface area contributed by atoms with Crippen LogP contribution in [0.4, 0.5) is 10.1 Å². The molecule has 2 nitrogen and oxygen atoms in total. The number of allylic oxidation sites excluding steroid dienone is 1. The van der Waals surface area contributed by atoms with Crippen LogP contribution in [-0.2, 0) is 0 Å². The Balaban J connectivity index is 2.90. The van der Waals surface area contributed by atoms with Gasteiger partial charge in [0.2, 0.25) is 0 Å². The van der Waals surface area contributed by atoms with Crippen molar-refractivity contribution in [1.82, 2.24) is 0 Å². The van der Waals surface area contributed by atoms with Crippen LogP contribution in [0.15, 0.2) is 30.9 Å². The first kappa shape index (κ1) is 13.7. The molecule has 1 aromatic rings. The fourth-order valence-corrected chi connectivity index (χ4v) is 1.86. The fraction of sp³-hybridized carbons (Fsp3) is 0.429. The zero-order valence-electron chi connectivity index (χ0n) is 10.5. The van der Waals surface area contributed by atoms with Crippen LogP contribution in [0.25, 0.3) is 0 Å². The third-order valence-corrected chi connectivity index (χ3v) is 2.75. The van der Waals surface area contributed by atoms with Crippen molar-refractivity contribution in [3.63, 3.8) is 0 Å². The first-order valence-electron chi connectivity index (χ1n) is 5.86. The molecule has 94 valence electrons. The molecule has 1 N–H and O–H groups in total. The predicted octanol–water partition coefficient (Wildman–Crippen LogP) is 3.28. The van der Waals surface area contributed by atoms with E-state index in [4.69, 9.17) is 0 Å². The van der Waals surface area contributed by atoms with Gasteiger partial charge in [0.1, 0.15) is 5.82 Å². The van der Waals surface area contributed by atoms with Crippen LogP contribution in [-0.4, -0.2) is 18.7 Å². The molecule has 0 heterocycles. The number of anilines is 1. The van der Waals surface area contributed by atoms with Crippen LogP contribution in [0.1, 0.15) is 31.4 Å². The fourth-order valence-electron chi connectivity index (χ4n) is 1.86. The summed E-state index contributed by atoms with van der Waals surface area (Å²) in [5.74, 6) is -0.287. The van der Waals surface area contributed by atoms with Crippen molar-refractivity contribution < 1.29 is 9.50 Å². The molecule has 0 spiro atoms. The van der Waals surface area contributed by atoms with Gasteiger partial charge in [-0.15, -0.1) is 6.58 Å². The van der Waals surface area contributed by atoms with E-state index in [2.05, 4.69) is 6.58 Å². The van der Waals surface area contributed by atoms with Crippen molar-refractivity contribution in [3.8, 4) is 0 Å². The second-order valence-electron chi connectivity index (χ2n) is 4.21. The summed E-state index contributed by atoms with van der Waals surface area (Å²) in [6, 6.07) is 4.80. The van der Waals surface area contributed by atoms with Crippen molar-refractivity contribution >= 4 is 5.69 Å². The van der Waals surface area contributed by atoms with Crippen molar-refractivity contribution in [2.24, 2.45) is 0 Å². The van der Waals surface area contributed by atoms with E-state index >= 15 is 0 Å². The Morgan fingerprint density at radius 2 is 2.24 bits per heavy atom. The lowest BCUT2D eigenvalue weighted by Crippen LogP contribution is -2.21. The van der Waals surface area contributed by atoms with Crippen molar-refractivity contribution in [1.29, 1.82) is 0 Å². The van der Waals surface area contributed by atoms with Gasteiger partial charge in [-0.2, -0.15) is 0 Å².